The Balaban J connectivity index is 2.17. The molecule has 0 radical (unpaired) electrons. The number of halogens is 1. The molecule has 1 saturated carbocycles. The van der Waals surface area contributed by atoms with Crippen molar-refractivity contribution in [3.8, 4) is 0 Å². The third-order valence-corrected chi connectivity index (χ3v) is 3.78. The van der Waals surface area contributed by atoms with Crippen LogP contribution in [-0.2, 0) is 0 Å². The molecule has 1 nitrogen and oxygen atoms in total. The average Bonchev–Trinajstić information content (AvgIpc) is 2.70. The van der Waals surface area contributed by atoms with Gasteiger partial charge in [-0.3, -0.25) is 0 Å². The largest absolute Gasteiger partial charge is 0.371 e. The SMILES string of the molecule is CN(c1ccccc1Br)C1CCCC1. The molecule has 0 aliphatic heterocycles. The highest BCUT2D eigenvalue weighted by Crippen LogP contribution is 2.31. The van der Waals surface area contributed by atoms with E-state index in [0.29, 0.717) is 0 Å². The van der Waals surface area contributed by atoms with Gasteiger partial charge in [0.05, 0.1) is 5.69 Å². The number of hydrogen-bond acceptors (Lipinski definition) is 1. The topological polar surface area (TPSA) is 3.24 Å². The smallest absolute Gasteiger partial charge is 0.0510 e. The van der Waals surface area contributed by atoms with E-state index in [1.54, 1.807) is 0 Å². The molecule has 1 fully saturated rings. The summed E-state index contributed by atoms with van der Waals surface area (Å²) >= 11 is 3.60. The van der Waals surface area contributed by atoms with Crippen LogP contribution in [0.3, 0.4) is 0 Å². The molecule has 1 aromatic rings. The van der Waals surface area contributed by atoms with Crippen molar-refractivity contribution in [2.45, 2.75) is 31.7 Å². The van der Waals surface area contributed by atoms with Crippen molar-refractivity contribution in [1.82, 2.24) is 0 Å². The second-order valence-electron chi connectivity index (χ2n) is 4.00. The van der Waals surface area contributed by atoms with Crippen LogP contribution in [0.1, 0.15) is 25.7 Å². The Hall–Kier alpha value is -0.500. The minimum absolute atomic E-state index is 0.744. The zero-order chi connectivity index (χ0) is 9.97. The molecule has 0 heterocycles. The Morgan fingerprint density at radius 3 is 2.50 bits per heavy atom. The molecular weight excluding hydrogens is 238 g/mol. The monoisotopic (exact) mass is 253 g/mol. The van der Waals surface area contributed by atoms with E-state index < -0.39 is 0 Å². The Bertz CT molecular complexity index is 305. The summed E-state index contributed by atoms with van der Waals surface area (Å²) in [6.45, 7) is 0. The van der Waals surface area contributed by atoms with Crippen LogP contribution in [0.2, 0.25) is 0 Å². The number of hydrogen-bond donors (Lipinski definition) is 0. The van der Waals surface area contributed by atoms with Gasteiger partial charge in [-0.15, -0.1) is 0 Å². The third kappa shape index (κ3) is 1.95. The number of benzene rings is 1. The molecule has 0 aromatic heterocycles. The molecule has 1 aliphatic carbocycles. The first-order chi connectivity index (χ1) is 6.79. The molecule has 2 rings (SSSR count). The van der Waals surface area contributed by atoms with E-state index >= 15 is 0 Å². The Morgan fingerprint density at radius 1 is 1.21 bits per heavy atom. The Labute approximate surface area is 94.2 Å². The molecule has 1 aliphatic rings. The van der Waals surface area contributed by atoms with Crippen molar-refractivity contribution in [3.63, 3.8) is 0 Å². The lowest BCUT2D eigenvalue weighted by molar-refractivity contribution is 0.652. The van der Waals surface area contributed by atoms with Crippen molar-refractivity contribution in [2.75, 3.05) is 11.9 Å². The number of rotatable bonds is 2. The fraction of sp³-hybridized carbons (Fsp3) is 0.500. The Kier molecular flexibility index (Phi) is 3.12. The number of nitrogens with zero attached hydrogens (tertiary/aromatic N) is 1. The van der Waals surface area contributed by atoms with Crippen molar-refractivity contribution in [3.05, 3.63) is 28.7 Å². The van der Waals surface area contributed by atoms with Crippen LogP contribution < -0.4 is 4.90 Å². The lowest BCUT2D eigenvalue weighted by Gasteiger charge is -2.27. The van der Waals surface area contributed by atoms with E-state index in [1.807, 2.05) is 0 Å². The van der Waals surface area contributed by atoms with Crippen LogP contribution in [0.25, 0.3) is 0 Å². The standard InChI is InChI=1S/C12H16BrN/c1-14(10-6-2-3-7-10)12-9-5-4-8-11(12)13/h4-5,8-10H,2-3,6-7H2,1H3. The zero-order valence-electron chi connectivity index (χ0n) is 8.54. The minimum atomic E-state index is 0.744. The molecule has 0 N–H and O–H groups in total. The molecule has 0 saturated heterocycles. The normalized spacial score (nSPS) is 17.3. The van der Waals surface area contributed by atoms with E-state index in [2.05, 4.69) is 52.1 Å². The van der Waals surface area contributed by atoms with Gasteiger partial charge >= 0.3 is 0 Å². The second-order valence-corrected chi connectivity index (χ2v) is 4.85. The van der Waals surface area contributed by atoms with Gasteiger partial charge in [-0.05, 0) is 40.9 Å². The average molecular weight is 254 g/mol. The van der Waals surface area contributed by atoms with Crippen molar-refractivity contribution in [2.24, 2.45) is 0 Å². The highest BCUT2D eigenvalue weighted by atomic mass is 79.9. The maximum Gasteiger partial charge on any atom is 0.0510 e. The van der Waals surface area contributed by atoms with Crippen LogP contribution in [0, 0.1) is 0 Å². The molecule has 0 unspecified atom stereocenters. The third-order valence-electron chi connectivity index (χ3n) is 3.10. The first kappa shape index (κ1) is 10.0. The van der Waals surface area contributed by atoms with Crippen LogP contribution in [-0.4, -0.2) is 13.1 Å². The van der Waals surface area contributed by atoms with Crippen LogP contribution in [0.15, 0.2) is 28.7 Å². The molecule has 2 heteroatoms. The van der Waals surface area contributed by atoms with Crippen molar-refractivity contribution in [1.29, 1.82) is 0 Å². The summed E-state index contributed by atoms with van der Waals surface area (Å²) in [5, 5.41) is 0. The molecule has 14 heavy (non-hydrogen) atoms. The lowest BCUT2D eigenvalue weighted by Crippen LogP contribution is -2.28. The molecule has 1 aromatic carbocycles. The fourth-order valence-electron chi connectivity index (χ4n) is 2.23. The molecule has 0 amide bonds. The van der Waals surface area contributed by atoms with Gasteiger partial charge in [0.1, 0.15) is 0 Å². The first-order valence-electron chi connectivity index (χ1n) is 5.26. The van der Waals surface area contributed by atoms with Gasteiger partial charge in [0, 0.05) is 17.6 Å². The second kappa shape index (κ2) is 4.35. The van der Waals surface area contributed by atoms with Gasteiger partial charge in [-0.2, -0.15) is 0 Å². The summed E-state index contributed by atoms with van der Waals surface area (Å²) in [6.07, 6.45) is 5.47. The summed E-state index contributed by atoms with van der Waals surface area (Å²) in [5.41, 5.74) is 1.32. The van der Waals surface area contributed by atoms with Crippen LogP contribution >= 0.6 is 15.9 Å². The molecule has 0 atom stereocenters. The summed E-state index contributed by atoms with van der Waals surface area (Å²) in [5.74, 6) is 0. The van der Waals surface area contributed by atoms with Crippen LogP contribution in [0.5, 0.6) is 0 Å². The Morgan fingerprint density at radius 2 is 1.86 bits per heavy atom. The molecule has 0 spiro atoms. The quantitative estimate of drug-likeness (QED) is 0.775. The molecular formula is C12H16BrN. The van der Waals surface area contributed by atoms with E-state index in [1.165, 1.54) is 35.8 Å². The summed E-state index contributed by atoms with van der Waals surface area (Å²) in [4.78, 5) is 2.41. The molecule has 0 bridgehead atoms. The fourth-order valence-corrected chi connectivity index (χ4v) is 2.79. The molecule has 76 valence electrons. The van der Waals surface area contributed by atoms with Crippen molar-refractivity contribution >= 4 is 21.6 Å². The van der Waals surface area contributed by atoms with Crippen LogP contribution in [0.4, 0.5) is 5.69 Å². The predicted octanol–water partition coefficient (Wildman–Crippen LogP) is 3.83. The minimum Gasteiger partial charge on any atom is -0.371 e. The first-order valence-corrected chi connectivity index (χ1v) is 6.05. The van der Waals surface area contributed by atoms with Gasteiger partial charge in [0.15, 0.2) is 0 Å². The number of para-hydroxylation sites is 1. The van der Waals surface area contributed by atoms with E-state index in [4.69, 9.17) is 0 Å². The number of anilines is 1. The highest BCUT2D eigenvalue weighted by molar-refractivity contribution is 9.10. The van der Waals surface area contributed by atoms with Gasteiger partial charge < -0.3 is 4.90 Å². The van der Waals surface area contributed by atoms with Gasteiger partial charge in [-0.1, -0.05) is 25.0 Å². The lowest BCUT2D eigenvalue weighted by atomic mass is 10.2. The zero-order valence-corrected chi connectivity index (χ0v) is 10.1. The van der Waals surface area contributed by atoms with E-state index in [0.717, 1.165) is 6.04 Å². The van der Waals surface area contributed by atoms with E-state index in [9.17, 15) is 0 Å². The summed E-state index contributed by atoms with van der Waals surface area (Å²) in [6, 6.07) is 9.21. The van der Waals surface area contributed by atoms with Gasteiger partial charge in [0.25, 0.3) is 0 Å². The predicted molar refractivity (Wildman–Crippen MR) is 64.8 cm³/mol. The summed E-state index contributed by atoms with van der Waals surface area (Å²) < 4.78 is 1.20. The maximum absolute atomic E-state index is 3.60. The van der Waals surface area contributed by atoms with Crippen molar-refractivity contribution < 1.29 is 0 Å². The summed E-state index contributed by atoms with van der Waals surface area (Å²) in [7, 11) is 2.20. The maximum atomic E-state index is 3.60. The van der Waals surface area contributed by atoms with E-state index in [-0.39, 0.29) is 0 Å². The highest BCUT2D eigenvalue weighted by Gasteiger charge is 2.20. The van der Waals surface area contributed by atoms with Gasteiger partial charge in [0.2, 0.25) is 0 Å². The van der Waals surface area contributed by atoms with Gasteiger partial charge in [-0.25, -0.2) is 0 Å².